The Balaban J connectivity index is 3.10. The van der Waals surface area contributed by atoms with Crippen molar-refractivity contribution in [3.05, 3.63) is 0 Å². The highest BCUT2D eigenvalue weighted by atomic mass is 16.2. The molecular formula is C28H52N6O5. The van der Waals surface area contributed by atoms with E-state index in [0.29, 0.717) is 12.8 Å². The van der Waals surface area contributed by atoms with Gasteiger partial charge in [-0.3, -0.25) is 24.0 Å². The first-order valence-electron chi connectivity index (χ1n) is 14.2. The topological polar surface area (TPSA) is 150 Å². The van der Waals surface area contributed by atoms with Crippen molar-refractivity contribution in [3.8, 4) is 0 Å². The molecule has 4 N–H and O–H groups in total. The number of hydrogen-bond acceptors (Lipinski definition) is 6. The zero-order valence-electron chi connectivity index (χ0n) is 25.3. The summed E-state index contributed by atoms with van der Waals surface area (Å²) in [5.74, 6) is -1.52. The third-order valence-electron chi connectivity index (χ3n) is 7.84. The van der Waals surface area contributed by atoms with E-state index in [-0.39, 0.29) is 48.6 Å². The highest BCUT2D eigenvalue weighted by molar-refractivity contribution is 5.94. The molecule has 5 amide bonds. The Hall–Kier alpha value is -2.69. The van der Waals surface area contributed by atoms with E-state index in [9.17, 15) is 24.0 Å². The van der Waals surface area contributed by atoms with E-state index < -0.39 is 29.9 Å². The molecular weight excluding hydrogens is 500 g/mol. The van der Waals surface area contributed by atoms with Gasteiger partial charge in [0.1, 0.15) is 18.1 Å². The summed E-state index contributed by atoms with van der Waals surface area (Å²) in [6, 6.07) is -2.67. The minimum absolute atomic E-state index is 0.115. The summed E-state index contributed by atoms with van der Waals surface area (Å²) < 4.78 is 0. The number of nitrogens with two attached hydrogens (primary N) is 2. The minimum Gasteiger partial charge on any atom is -0.368 e. The van der Waals surface area contributed by atoms with Crippen molar-refractivity contribution in [2.45, 2.75) is 103 Å². The molecule has 4 atom stereocenters. The van der Waals surface area contributed by atoms with Crippen LogP contribution in [0.5, 0.6) is 0 Å². The summed E-state index contributed by atoms with van der Waals surface area (Å²) in [6.45, 7) is 7.00. The van der Waals surface area contributed by atoms with E-state index in [4.69, 9.17) is 11.5 Å². The van der Waals surface area contributed by atoms with Gasteiger partial charge in [0.25, 0.3) is 0 Å². The Bertz CT molecular complexity index is 857. The predicted octanol–water partition coefficient (Wildman–Crippen LogP) is 1.18. The van der Waals surface area contributed by atoms with Crippen molar-refractivity contribution in [3.63, 3.8) is 0 Å². The van der Waals surface area contributed by atoms with Gasteiger partial charge in [0.2, 0.25) is 29.5 Å². The Kier molecular flexibility index (Phi) is 13.9. The van der Waals surface area contributed by atoms with E-state index in [1.807, 2.05) is 13.8 Å². The van der Waals surface area contributed by atoms with Crippen molar-refractivity contribution in [1.82, 2.24) is 19.6 Å². The van der Waals surface area contributed by atoms with Crippen LogP contribution >= 0.6 is 0 Å². The number of carbonyl (C=O) groups is 5. The minimum atomic E-state index is -0.786. The van der Waals surface area contributed by atoms with Crippen LogP contribution in [0.15, 0.2) is 0 Å². The van der Waals surface area contributed by atoms with Crippen LogP contribution in [0.25, 0.3) is 0 Å². The molecule has 0 radical (unpaired) electrons. The first-order chi connectivity index (χ1) is 18.1. The quantitative estimate of drug-likeness (QED) is 0.330. The number of rotatable bonds is 14. The number of carbonyl (C=O) groups excluding carboxylic acids is 5. The van der Waals surface area contributed by atoms with Gasteiger partial charge in [-0.15, -0.1) is 0 Å². The van der Waals surface area contributed by atoms with Gasteiger partial charge in [0.15, 0.2) is 0 Å². The molecule has 1 aliphatic carbocycles. The van der Waals surface area contributed by atoms with Crippen LogP contribution in [0.2, 0.25) is 0 Å². The summed E-state index contributed by atoms with van der Waals surface area (Å²) in [6.07, 6.45) is 6.30. The summed E-state index contributed by atoms with van der Waals surface area (Å²) >= 11 is 0. The van der Waals surface area contributed by atoms with Crippen LogP contribution in [0.4, 0.5) is 0 Å². The molecule has 0 heterocycles. The van der Waals surface area contributed by atoms with Gasteiger partial charge in [-0.1, -0.05) is 46.0 Å². The van der Waals surface area contributed by atoms with Crippen LogP contribution in [-0.2, 0) is 24.0 Å². The summed E-state index contributed by atoms with van der Waals surface area (Å²) in [4.78, 5) is 70.2. The van der Waals surface area contributed by atoms with Gasteiger partial charge in [0.05, 0.1) is 6.54 Å². The highest BCUT2D eigenvalue weighted by Crippen LogP contribution is 2.29. The number of amides is 5. The van der Waals surface area contributed by atoms with Crippen LogP contribution < -0.4 is 11.5 Å². The molecule has 0 aliphatic heterocycles. The molecule has 0 unspecified atom stereocenters. The fourth-order valence-electron chi connectivity index (χ4n) is 5.14. The molecule has 39 heavy (non-hydrogen) atoms. The van der Waals surface area contributed by atoms with Crippen molar-refractivity contribution in [2.75, 3.05) is 34.7 Å². The van der Waals surface area contributed by atoms with Crippen molar-refractivity contribution >= 4 is 29.5 Å². The Morgan fingerprint density at radius 1 is 0.769 bits per heavy atom. The zero-order chi connectivity index (χ0) is 30.0. The van der Waals surface area contributed by atoms with Gasteiger partial charge in [0, 0.05) is 40.7 Å². The van der Waals surface area contributed by atoms with Gasteiger partial charge >= 0.3 is 0 Å². The molecule has 0 aromatic heterocycles. The van der Waals surface area contributed by atoms with Gasteiger partial charge in [-0.05, 0) is 38.5 Å². The molecule has 0 spiro atoms. The molecule has 224 valence electrons. The van der Waals surface area contributed by atoms with Crippen molar-refractivity contribution in [1.29, 1.82) is 0 Å². The first-order valence-corrected chi connectivity index (χ1v) is 14.2. The fraction of sp³-hybridized carbons (Fsp3) is 0.821. The molecule has 1 rings (SSSR count). The maximum atomic E-state index is 13.7. The molecule has 1 fully saturated rings. The summed E-state index contributed by atoms with van der Waals surface area (Å²) in [7, 11) is 6.20. The molecule has 1 aliphatic rings. The number of hydrogen-bond donors (Lipinski definition) is 2. The normalized spacial score (nSPS) is 17.1. The molecule has 11 nitrogen and oxygen atoms in total. The molecule has 0 aromatic carbocycles. The molecule has 11 heteroatoms. The molecule has 0 bridgehead atoms. The molecule has 0 aromatic rings. The Morgan fingerprint density at radius 3 is 1.82 bits per heavy atom. The smallest absolute Gasteiger partial charge is 0.245 e. The van der Waals surface area contributed by atoms with Crippen molar-refractivity contribution < 1.29 is 24.0 Å². The first kappa shape index (κ1) is 34.3. The Morgan fingerprint density at radius 2 is 1.33 bits per heavy atom. The lowest BCUT2D eigenvalue weighted by Gasteiger charge is -2.37. The summed E-state index contributed by atoms with van der Waals surface area (Å²) in [5.41, 5.74) is 11.3. The Labute approximate surface area is 234 Å². The van der Waals surface area contributed by atoms with Crippen LogP contribution in [-0.4, -0.2) is 108 Å². The second-order valence-corrected chi connectivity index (χ2v) is 11.8. The lowest BCUT2D eigenvalue weighted by Crippen LogP contribution is -2.56. The lowest BCUT2D eigenvalue weighted by molar-refractivity contribution is -0.151. The summed E-state index contributed by atoms with van der Waals surface area (Å²) in [5, 5.41) is 0. The van der Waals surface area contributed by atoms with E-state index in [1.165, 1.54) is 33.7 Å². The second-order valence-electron chi connectivity index (χ2n) is 11.8. The van der Waals surface area contributed by atoms with E-state index in [1.54, 1.807) is 27.9 Å². The average Bonchev–Trinajstić information content (AvgIpc) is 2.87. The van der Waals surface area contributed by atoms with Crippen LogP contribution in [0.3, 0.4) is 0 Å². The van der Waals surface area contributed by atoms with E-state index >= 15 is 0 Å². The predicted molar refractivity (Wildman–Crippen MR) is 151 cm³/mol. The van der Waals surface area contributed by atoms with Gasteiger partial charge in [-0.2, -0.15) is 0 Å². The van der Waals surface area contributed by atoms with Crippen LogP contribution in [0, 0.1) is 11.8 Å². The maximum Gasteiger partial charge on any atom is 0.245 e. The maximum absolute atomic E-state index is 13.7. The average molecular weight is 553 g/mol. The SMILES string of the molecule is CC(C)C[C@@H](C(N)=O)N(C)C(=O)CN(C)C(=O)[C@H](CC1CCCCC1)N(C)C(=O)[C@H](C)N(C)C(=O)C[C@H](C)N. The third-order valence-corrected chi connectivity index (χ3v) is 7.84. The van der Waals surface area contributed by atoms with E-state index in [0.717, 1.165) is 32.1 Å². The lowest BCUT2D eigenvalue weighted by atomic mass is 9.84. The fourth-order valence-corrected chi connectivity index (χ4v) is 5.14. The second kappa shape index (κ2) is 15.8. The van der Waals surface area contributed by atoms with Gasteiger partial charge in [-0.25, -0.2) is 0 Å². The standard InChI is InChI=1S/C28H52N6O5/c1-18(2)14-22(26(30)37)33(7)25(36)17-31(5)28(39)23(16-21-12-10-9-11-13-21)34(8)27(38)20(4)32(6)24(35)15-19(3)29/h18-23H,9-17,29H2,1-8H3,(H2,30,37)/t19-,20-,22-,23-/m0/s1. The largest absolute Gasteiger partial charge is 0.368 e. The van der Waals surface area contributed by atoms with Crippen LogP contribution in [0.1, 0.15) is 79.1 Å². The number of likely N-dealkylation sites (N-methyl/N-ethyl adjacent to an activating group) is 4. The molecule has 0 saturated heterocycles. The number of nitrogens with zero attached hydrogens (tertiary/aromatic N) is 4. The van der Waals surface area contributed by atoms with E-state index in [2.05, 4.69) is 0 Å². The van der Waals surface area contributed by atoms with Crippen molar-refractivity contribution in [2.24, 2.45) is 23.3 Å². The zero-order valence-corrected chi connectivity index (χ0v) is 25.3. The molecule has 1 saturated carbocycles. The van der Waals surface area contributed by atoms with Gasteiger partial charge < -0.3 is 31.1 Å². The number of primary amides is 1. The third kappa shape index (κ3) is 10.4. The monoisotopic (exact) mass is 552 g/mol. The highest BCUT2D eigenvalue weighted by Gasteiger charge is 2.36.